The van der Waals surface area contributed by atoms with Crippen LogP contribution in [0.15, 0.2) is 24.3 Å². The zero-order valence-corrected chi connectivity index (χ0v) is 16.2. The summed E-state index contributed by atoms with van der Waals surface area (Å²) in [5.41, 5.74) is 0.199. The van der Waals surface area contributed by atoms with Gasteiger partial charge in [-0.1, -0.05) is 77.7 Å². The van der Waals surface area contributed by atoms with E-state index in [1.54, 1.807) is 12.1 Å². The lowest BCUT2D eigenvalue weighted by atomic mass is 9.49. The normalized spacial score (nSPS) is 19.8. The number of hydrogen-bond acceptors (Lipinski definition) is 4. The van der Waals surface area contributed by atoms with E-state index < -0.39 is 5.41 Å². The van der Waals surface area contributed by atoms with Gasteiger partial charge in [-0.25, -0.2) is 0 Å². The molecular formula is C18H25NO2S2. The fourth-order valence-corrected chi connectivity index (χ4v) is 6.24. The second kappa shape index (κ2) is 5.78. The molecule has 1 atom stereocenters. The van der Waals surface area contributed by atoms with Crippen LogP contribution < -0.4 is 5.32 Å². The number of thioether (sulfide) groups is 1. The van der Waals surface area contributed by atoms with Crippen molar-refractivity contribution in [2.24, 2.45) is 10.8 Å². The van der Waals surface area contributed by atoms with Crippen molar-refractivity contribution in [3.05, 3.63) is 29.8 Å². The molecule has 0 saturated carbocycles. The van der Waals surface area contributed by atoms with Crippen LogP contribution in [0.5, 0.6) is 5.75 Å². The first-order valence-electron chi connectivity index (χ1n) is 7.72. The van der Waals surface area contributed by atoms with Crippen LogP contribution in [-0.2, 0) is 10.2 Å². The van der Waals surface area contributed by atoms with E-state index in [4.69, 9.17) is 12.2 Å². The molecule has 3 nitrogen and oxygen atoms in total. The number of phenolic OH excluding ortho intramolecular Hbond substituents is 1. The number of carbonyl (C=O) groups excluding carboxylic acids is 1. The van der Waals surface area contributed by atoms with Gasteiger partial charge in [-0.05, 0) is 28.5 Å². The predicted octanol–water partition coefficient (Wildman–Crippen LogP) is 4.24. The molecule has 0 spiro atoms. The fraction of sp³-hybridized carbons (Fsp3) is 0.556. The van der Waals surface area contributed by atoms with Gasteiger partial charge in [0.25, 0.3) is 0 Å². The Morgan fingerprint density at radius 1 is 1.04 bits per heavy atom. The summed E-state index contributed by atoms with van der Waals surface area (Å²) in [5, 5.41) is 12.2. The largest absolute Gasteiger partial charge is 0.508 e. The van der Waals surface area contributed by atoms with Gasteiger partial charge in [0, 0.05) is 5.41 Å². The van der Waals surface area contributed by atoms with Gasteiger partial charge < -0.3 is 10.4 Å². The summed E-state index contributed by atoms with van der Waals surface area (Å²) in [4.78, 5) is 12.7. The van der Waals surface area contributed by atoms with Crippen LogP contribution >= 0.6 is 24.0 Å². The quantitative estimate of drug-likeness (QED) is 0.783. The second-order valence-corrected chi connectivity index (χ2v) is 9.91. The lowest BCUT2D eigenvalue weighted by Crippen LogP contribution is -2.59. The van der Waals surface area contributed by atoms with Crippen molar-refractivity contribution in [2.75, 3.05) is 0 Å². The highest BCUT2D eigenvalue weighted by atomic mass is 32.2. The number of rotatable bonds is 2. The molecule has 1 aliphatic heterocycles. The molecule has 1 amide bonds. The molecule has 1 saturated heterocycles. The third kappa shape index (κ3) is 2.89. The molecule has 1 aromatic carbocycles. The lowest BCUT2D eigenvalue weighted by Gasteiger charge is -2.56. The number of nitrogens with one attached hydrogen (secondary N) is 1. The Hall–Kier alpha value is -1.07. The van der Waals surface area contributed by atoms with Gasteiger partial charge in [0.1, 0.15) is 15.3 Å². The molecule has 23 heavy (non-hydrogen) atoms. The summed E-state index contributed by atoms with van der Waals surface area (Å²) in [6, 6.07) is 7.25. The van der Waals surface area contributed by atoms with Crippen LogP contribution in [0.3, 0.4) is 0 Å². The average Bonchev–Trinajstić information content (AvgIpc) is 2.68. The van der Waals surface area contributed by atoms with Crippen molar-refractivity contribution in [2.45, 2.75) is 52.2 Å². The van der Waals surface area contributed by atoms with E-state index in [0.29, 0.717) is 4.32 Å². The molecule has 0 radical (unpaired) electrons. The van der Waals surface area contributed by atoms with E-state index in [1.807, 2.05) is 12.1 Å². The zero-order valence-electron chi connectivity index (χ0n) is 14.6. The van der Waals surface area contributed by atoms with Crippen molar-refractivity contribution in [1.82, 2.24) is 5.32 Å². The zero-order chi connectivity index (χ0) is 17.6. The lowest BCUT2D eigenvalue weighted by molar-refractivity contribution is -0.122. The molecule has 1 fully saturated rings. The summed E-state index contributed by atoms with van der Waals surface area (Å²) >= 11 is 6.69. The number of aromatic hydroxyl groups is 1. The van der Waals surface area contributed by atoms with Gasteiger partial charge >= 0.3 is 0 Å². The van der Waals surface area contributed by atoms with E-state index in [1.165, 1.54) is 11.8 Å². The number of benzene rings is 1. The molecule has 5 heteroatoms. The molecule has 2 N–H and O–H groups in total. The summed E-state index contributed by atoms with van der Waals surface area (Å²) in [6.45, 7) is 13.0. The molecule has 1 heterocycles. The Morgan fingerprint density at radius 3 is 1.87 bits per heavy atom. The number of phenols is 1. The Labute approximate surface area is 148 Å². The number of amides is 1. The van der Waals surface area contributed by atoms with Crippen molar-refractivity contribution in [3.63, 3.8) is 0 Å². The first kappa shape index (κ1) is 18.3. The summed E-state index contributed by atoms with van der Waals surface area (Å²) in [6.07, 6.45) is 0. The van der Waals surface area contributed by atoms with E-state index in [-0.39, 0.29) is 27.7 Å². The van der Waals surface area contributed by atoms with Crippen molar-refractivity contribution in [1.29, 1.82) is 0 Å². The van der Waals surface area contributed by atoms with E-state index in [2.05, 4.69) is 46.9 Å². The first-order chi connectivity index (χ1) is 10.4. The predicted molar refractivity (Wildman–Crippen MR) is 101 cm³/mol. The second-order valence-electron chi connectivity index (χ2n) is 8.13. The highest BCUT2D eigenvalue weighted by Crippen LogP contribution is 2.59. The van der Waals surface area contributed by atoms with Crippen LogP contribution in [0.4, 0.5) is 0 Å². The maximum atomic E-state index is 12.7. The highest BCUT2D eigenvalue weighted by Gasteiger charge is 2.60. The van der Waals surface area contributed by atoms with E-state index in [9.17, 15) is 9.90 Å². The van der Waals surface area contributed by atoms with Gasteiger partial charge in [-0.15, -0.1) is 0 Å². The van der Waals surface area contributed by atoms with E-state index in [0.717, 1.165) is 5.56 Å². The van der Waals surface area contributed by atoms with Crippen LogP contribution in [-0.4, -0.2) is 20.6 Å². The van der Waals surface area contributed by atoms with Gasteiger partial charge in [0.15, 0.2) is 0 Å². The van der Waals surface area contributed by atoms with Gasteiger partial charge in [-0.3, -0.25) is 4.79 Å². The monoisotopic (exact) mass is 351 g/mol. The first-order valence-corrected chi connectivity index (χ1v) is 9.01. The third-order valence-electron chi connectivity index (χ3n) is 4.77. The SMILES string of the molecule is CC(C)(C)C(c1ccc(O)cc1)(C1SC(=S)NC1=O)C(C)(C)C. The fourth-order valence-electron chi connectivity index (χ4n) is 4.29. The van der Waals surface area contributed by atoms with Crippen LogP contribution in [0.1, 0.15) is 47.1 Å². The maximum Gasteiger partial charge on any atom is 0.239 e. The molecule has 126 valence electrons. The van der Waals surface area contributed by atoms with Crippen molar-refractivity contribution >= 4 is 34.2 Å². The minimum Gasteiger partial charge on any atom is -0.508 e. The molecule has 1 unspecified atom stereocenters. The van der Waals surface area contributed by atoms with Crippen LogP contribution in [0, 0.1) is 10.8 Å². The molecular weight excluding hydrogens is 326 g/mol. The molecule has 2 rings (SSSR count). The topological polar surface area (TPSA) is 49.3 Å². The number of thiocarbonyl (C=S) groups is 1. The Morgan fingerprint density at radius 2 is 1.52 bits per heavy atom. The van der Waals surface area contributed by atoms with Crippen molar-refractivity contribution < 1.29 is 9.90 Å². The van der Waals surface area contributed by atoms with Crippen LogP contribution in [0.25, 0.3) is 0 Å². The summed E-state index contributed by atoms with van der Waals surface area (Å²) in [7, 11) is 0. The smallest absolute Gasteiger partial charge is 0.239 e. The van der Waals surface area contributed by atoms with E-state index >= 15 is 0 Å². The van der Waals surface area contributed by atoms with Gasteiger partial charge in [0.2, 0.25) is 5.91 Å². The van der Waals surface area contributed by atoms with Crippen LogP contribution in [0.2, 0.25) is 0 Å². The Balaban J connectivity index is 2.79. The Bertz CT molecular complexity index is 610. The highest BCUT2D eigenvalue weighted by molar-refractivity contribution is 8.24. The minimum absolute atomic E-state index is 0.0297. The van der Waals surface area contributed by atoms with Crippen molar-refractivity contribution in [3.8, 4) is 5.75 Å². The Kier molecular flexibility index (Phi) is 4.59. The third-order valence-corrected chi connectivity index (χ3v) is 6.28. The molecule has 1 aliphatic rings. The van der Waals surface area contributed by atoms with Gasteiger partial charge in [0.05, 0.1) is 0 Å². The number of carbonyl (C=O) groups is 1. The van der Waals surface area contributed by atoms with Gasteiger partial charge in [-0.2, -0.15) is 0 Å². The molecule has 0 aromatic heterocycles. The summed E-state index contributed by atoms with van der Waals surface area (Å²) < 4.78 is 0.539. The molecule has 0 aliphatic carbocycles. The number of hydrogen-bond donors (Lipinski definition) is 2. The minimum atomic E-state index is -0.455. The average molecular weight is 352 g/mol. The molecule has 1 aromatic rings. The maximum absolute atomic E-state index is 12.7. The standard InChI is InChI=1S/C18H25NO2S2/c1-16(2,3)18(17(4,5)6,11-7-9-12(20)10-8-11)13-14(21)19-15(22)23-13/h7-10,13,20H,1-6H3,(H,19,21,22). The summed E-state index contributed by atoms with van der Waals surface area (Å²) in [5.74, 6) is 0.197. The molecule has 0 bridgehead atoms.